The fourth-order valence-electron chi connectivity index (χ4n) is 1.89. The number of ether oxygens (including phenoxy) is 2. The predicted octanol–water partition coefficient (Wildman–Crippen LogP) is 3.34. The van der Waals surface area contributed by atoms with Gasteiger partial charge in [-0.3, -0.25) is 0 Å². The Labute approximate surface area is 107 Å². The van der Waals surface area contributed by atoms with Gasteiger partial charge in [-0.2, -0.15) is 0 Å². The van der Waals surface area contributed by atoms with E-state index in [1.165, 1.54) is 0 Å². The Kier molecular flexibility index (Phi) is 3.72. The van der Waals surface area contributed by atoms with Crippen molar-refractivity contribution in [3.63, 3.8) is 0 Å². The van der Waals surface area contributed by atoms with Gasteiger partial charge in [0.2, 0.25) is 0 Å². The summed E-state index contributed by atoms with van der Waals surface area (Å²) in [6, 6.07) is 13.7. The Morgan fingerprint density at radius 2 is 1.83 bits per heavy atom. The van der Waals surface area contributed by atoms with E-state index in [1.54, 1.807) is 7.11 Å². The van der Waals surface area contributed by atoms with Crippen molar-refractivity contribution in [1.82, 2.24) is 0 Å². The topological polar surface area (TPSA) is 44.5 Å². The summed E-state index contributed by atoms with van der Waals surface area (Å²) in [6.45, 7) is 2.61. The summed E-state index contributed by atoms with van der Waals surface area (Å²) < 4.78 is 10.8. The zero-order chi connectivity index (χ0) is 13.0. The van der Waals surface area contributed by atoms with E-state index in [-0.39, 0.29) is 0 Å². The lowest BCUT2D eigenvalue weighted by molar-refractivity contribution is 0.341. The lowest BCUT2D eigenvalue weighted by atomic mass is 10.0. The molecule has 3 nitrogen and oxygen atoms in total. The quantitative estimate of drug-likeness (QED) is 0.837. The molecule has 0 saturated heterocycles. The molecule has 0 fully saturated rings. The SMILES string of the molecule is CCOc1ccccc1-c1ccc(OC)c(N)c1. The van der Waals surface area contributed by atoms with Gasteiger partial charge in [0.25, 0.3) is 0 Å². The Morgan fingerprint density at radius 1 is 1.06 bits per heavy atom. The standard InChI is InChI=1S/C15H17NO2/c1-3-18-14-7-5-4-6-12(14)11-8-9-15(17-2)13(16)10-11/h4-10H,3,16H2,1-2H3. The highest BCUT2D eigenvalue weighted by molar-refractivity contribution is 5.75. The van der Waals surface area contributed by atoms with Crippen molar-refractivity contribution in [3.05, 3.63) is 42.5 Å². The molecule has 3 heteroatoms. The van der Waals surface area contributed by atoms with E-state index >= 15 is 0 Å². The van der Waals surface area contributed by atoms with Gasteiger partial charge in [0, 0.05) is 5.56 Å². The Hall–Kier alpha value is -2.16. The van der Waals surface area contributed by atoms with Crippen molar-refractivity contribution in [2.45, 2.75) is 6.92 Å². The molecule has 2 aromatic carbocycles. The summed E-state index contributed by atoms with van der Waals surface area (Å²) in [6.07, 6.45) is 0. The Morgan fingerprint density at radius 3 is 2.50 bits per heavy atom. The van der Waals surface area contributed by atoms with Crippen LogP contribution in [0.4, 0.5) is 5.69 Å². The molecule has 0 bridgehead atoms. The monoisotopic (exact) mass is 243 g/mol. The zero-order valence-electron chi connectivity index (χ0n) is 10.6. The van der Waals surface area contributed by atoms with E-state index in [0.29, 0.717) is 18.0 Å². The molecule has 0 aliphatic heterocycles. The first kappa shape index (κ1) is 12.3. The first-order valence-electron chi connectivity index (χ1n) is 5.92. The summed E-state index contributed by atoms with van der Waals surface area (Å²) in [5, 5.41) is 0. The lowest BCUT2D eigenvalue weighted by Crippen LogP contribution is -1.95. The Balaban J connectivity index is 2.45. The van der Waals surface area contributed by atoms with Gasteiger partial charge in [0.15, 0.2) is 0 Å². The van der Waals surface area contributed by atoms with Crippen LogP contribution < -0.4 is 15.2 Å². The number of anilines is 1. The van der Waals surface area contributed by atoms with Crippen LogP contribution in [0.3, 0.4) is 0 Å². The highest BCUT2D eigenvalue weighted by atomic mass is 16.5. The highest BCUT2D eigenvalue weighted by Crippen LogP contribution is 2.33. The largest absolute Gasteiger partial charge is 0.495 e. The van der Waals surface area contributed by atoms with Crippen LogP contribution in [-0.2, 0) is 0 Å². The maximum atomic E-state index is 5.93. The molecule has 2 N–H and O–H groups in total. The molecule has 0 aromatic heterocycles. The molecular formula is C15H17NO2. The number of nitrogens with two attached hydrogens (primary N) is 1. The zero-order valence-corrected chi connectivity index (χ0v) is 10.6. The molecule has 0 heterocycles. The van der Waals surface area contributed by atoms with E-state index in [0.717, 1.165) is 16.9 Å². The summed E-state index contributed by atoms with van der Waals surface area (Å²) in [5.41, 5.74) is 8.61. The molecular weight excluding hydrogens is 226 g/mol. The first-order chi connectivity index (χ1) is 8.76. The molecule has 0 amide bonds. The third-order valence-electron chi connectivity index (χ3n) is 2.73. The lowest BCUT2D eigenvalue weighted by Gasteiger charge is -2.11. The molecule has 94 valence electrons. The number of hydrogen-bond donors (Lipinski definition) is 1. The van der Waals surface area contributed by atoms with Crippen molar-refractivity contribution in [2.24, 2.45) is 0 Å². The highest BCUT2D eigenvalue weighted by Gasteiger charge is 2.07. The van der Waals surface area contributed by atoms with E-state index in [4.69, 9.17) is 15.2 Å². The maximum Gasteiger partial charge on any atom is 0.141 e. The van der Waals surface area contributed by atoms with Crippen LogP contribution in [0.2, 0.25) is 0 Å². The number of rotatable bonds is 4. The molecule has 0 aliphatic carbocycles. The molecule has 0 spiro atoms. The average Bonchev–Trinajstić information content (AvgIpc) is 2.40. The molecule has 0 atom stereocenters. The average molecular weight is 243 g/mol. The van der Waals surface area contributed by atoms with Crippen LogP contribution in [0, 0.1) is 0 Å². The van der Waals surface area contributed by atoms with E-state index in [2.05, 4.69) is 0 Å². The third-order valence-corrected chi connectivity index (χ3v) is 2.73. The van der Waals surface area contributed by atoms with Crippen LogP contribution in [0.5, 0.6) is 11.5 Å². The fraction of sp³-hybridized carbons (Fsp3) is 0.200. The summed E-state index contributed by atoms with van der Waals surface area (Å²) in [5.74, 6) is 1.55. The smallest absolute Gasteiger partial charge is 0.141 e. The minimum absolute atomic E-state index is 0.626. The van der Waals surface area contributed by atoms with Gasteiger partial charge in [-0.15, -0.1) is 0 Å². The van der Waals surface area contributed by atoms with Gasteiger partial charge in [-0.05, 0) is 30.7 Å². The maximum absolute atomic E-state index is 5.93. The van der Waals surface area contributed by atoms with Gasteiger partial charge in [0.1, 0.15) is 11.5 Å². The van der Waals surface area contributed by atoms with Crippen molar-refractivity contribution in [2.75, 3.05) is 19.5 Å². The number of benzene rings is 2. The van der Waals surface area contributed by atoms with Gasteiger partial charge in [-0.25, -0.2) is 0 Å². The fourth-order valence-corrected chi connectivity index (χ4v) is 1.89. The normalized spacial score (nSPS) is 10.1. The molecule has 2 rings (SSSR count). The van der Waals surface area contributed by atoms with Crippen molar-refractivity contribution < 1.29 is 9.47 Å². The van der Waals surface area contributed by atoms with Crippen molar-refractivity contribution >= 4 is 5.69 Å². The van der Waals surface area contributed by atoms with E-state index in [9.17, 15) is 0 Å². The van der Waals surface area contributed by atoms with Gasteiger partial charge < -0.3 is 15.2 Å². The summed E-state index contributed by atoms with van der Waals surface area (Å²) >= 11 is 0. The van der Waals surface area contributed by atoms with Gasteiger partial charge in [-0.1, -0.05) is 24.3 Å². The number of para-hydroxylation sites is 1. The number of nitrogen functional groups attached to an aromatic ring is 1. The summed E-state index contributed by atoms with van der Waals surface area (Å²) in [7, 11) is 1.61. The van der Waals surface area contributed by atoms with Crippen molar-refractivity contribution in [1.29, 1.82) is 0 Å². The van der Waals surface area contributed by atoms with Crippen LogP contribution in [0.25, 0.3) is 11.1 Å². The second-order valence-electron chi connectivity index (χ2n) is 3.89. The van der Waals surface area contributed by atoms with Crippen molar-refractivity contribution in [3.8, 4) is 22.6 Å². The third kappa shape index (κ3) is 2.40. The van der Waals surface area contributed by atoms with Gasteiger partial charge in [0.05, 0.1) is 19.4 Å². The number of methoxy groups -OCH3 is 1. The van der Waals surface area contributed by atoms with E-state index < -0.39 is 0 Å². The Bertz CT molecular complexity index is 538. The molecule has 0 saturated carbocycles. The van der Waals surface area contributed by atoms with Crippen LogP contribution in [0.1, 0.15) is 6.92 Å². The minimum Gasteiger partial charge on any atom is -0.495 e. The summed E-state index contributed by atoms with van der Waals surface area (Å²) in [4.78, 5) is 0. The first-order valence-corrected chi connectivity index (χ1v) is 5.92. The second-order valence-corrected chi connectivity index (χ2v) is 3.89. The number of hydrogen-bond acceptors (Lipinski definition) is 3. The molecule has 0 radical (unpaired) electrons. The van der Waals surface area contributed by atoms with Gasteiger partial charge >= 0.3 is 0 Å². The van der Waals surface area contributed by atoms with Crippen LogP contribution in [0.15, 0.2) is 42.5 Å². The molecule has 18 heavy (non-hydrogen) atoms. The molecule has 0 unspecified atom stereocenters. The van der Waals surface area contributed by atoms with E-state index in [1.807, 2.05) is 49.4 Å². The van der Waals surface area contributed by atoms with Crippen LogP contribution in [-0.4, -0.2) is 13.7 Å². The van der Waals surface area contributed by atoms with Crippen LogP contribution >= 0.6 is 0 Å². The molecule has 2 aromatic rings. The minimum atomic E-state index is 0.626. The second kappa shape index (κ2) is 5.45. The predicted molar refractivity (Wildman–Crippen MR) is 74.0 cm³/mol. The molecule has 0 aliphatic rings.